The molecule has 2 aromatic rings. The van der Waals surface area contributed by atoms with Crippen LogP contribution in [0.4, 0.5) is 0 Å². The molecule has 112 valence electrons. The van der Waals surface area contributed by atoms with Gasteiger partial charge in [-0.05, 0) is 18.9 Å². The van der Waals surface area contributed by atoms with Gasteiger partial charge in [-0.1, -0.05) is 33.6 Å². The van der Waals surface area contributed by atoms with Crippen molar-refractivity contribution in [1.29, 1.82) is 0 Å². The number of hydrogen-bond acceptors (Lipinski definition) is 3. The van der Waals surface area contributed by atoms with Crippen molar-refractivity contribution in [2.45, 2.75) is 57.9 Å². The zero-order valence-electron chi connectivity index (χ0n) is 12.9. The van der Waals surface area contributed by atoms with Gasteiger partial charge < -0.3 is 5.32 Å². The van der Waals surface area contributed by atoms with Crippen molar-refractivity contribution in [2.75, 3.05) is 0 Å². The van der Waals surface area contributed by atoms with Gasteiger partial charge in [-0.25, -0.2) is 9.50 Å². The highest BCUT2D eigenvalue weighted by Crippen LogP contribution is 2.23. The Labute approximate surface area is 124 Å². The molecule has 5 heteroatoms. The highest BCUT2D eigenvalue weighted by atomic mass is 16.1. The summed E-state index contributed by atoms with van der Waals surface area (Å²) in [6, 6.07) is 4.00. The summed E-state index contributed by atoms with van der Waals surface area (Å²) in [6.45, 7) is 6.34. The predicted molar refractivity (Wildman–Crippen MR) is 81.4 cm³/mol. The lowest BCUT2D eigenvalue weighted by molar-refractivity contribution is 0.0932. The van der Waals surface area contributed by atoms with Crippen LogP contribution in [0.25, 0.3) is 5.65 Å². The number of nitrogens with zero attached hydrogens (tertiary/aromatic N) is 3. The smallest absolute Gasteiger partial charge is 0.270 e. The fourth-order valence-electron chi connectivity index (χ4n) is 2.89. The molecule has 1 amide bonds. The molecule has 0 saturated heterocycles. The Morgan fingerprint density at radius 2 is 2.05 bits per heavy atom. The maximum atomic E-state index is 12.4. The summed E-state index contributed by atoms with van der Waals surface area (Å²) >= 11 is 0. The van der Waals surface area contributed by atoms with E-state index in [0.717, 1.165) is 24.2 Å². The summed E-state index contributed by atoms with van der Waals surface area (Å²) in [4.78, 5) is 16.9. The summed E-state index contributed by atoms with van der Waals surface area (Å²) in [5.41, 5.74) is 2.10. The molecule has 1 saturated carbocycles. The molecular formula is C16H22N4O. The minimum Gasteiger partial charge on any atom is -0.348 e. The van der Waals surface area contributed by atoms with Gasteiger partial charge in [0.15, 0.2) is 5.65 Å². The molecule has 1 aliphatic rings. The number of nitrogens with one attached hydrogen (secondary N) is 1. The Morgan fingerprint density at radius 1 is 1.33 bits per heavy atom. The molecule has 1 N–H and O–H groups in total. The van der Waals surface area contributed by atoms with Crippen molar-refractivity contribution in [1.82, 2.24) is 19.9 Å². The second kappa shape index (κ2) is 5.13. The molecule has 1 aliphatic carbocycles. The van der Waals surface area contributed by atoms with Crippen molar-refractivity contribution < 1.29 is 4.79 Å². The molecule has 0 bridgehead atoms. The van der Waals surface area contributed by atoms with Gasteiger partial charge in [-0.15, -0.1) is 0 Å². The van der Waals surface area contributed by atoms with Crippen LogP contribution < -0.4 is 5.32 Å². The van der Waals surface area contributed by atoms with Crippen molar-refractivity contribution in [3.05, 3.63) is 29.7 Å². The number of hydrogen-bond donors (Lipinski definition) is 1. The van der Waals surface area contributed by atoms with Gasteiger partial charge in [0, 0.05) is 17.5 Å². The molecule has 0 atom stereocenters. The first-order chi connectivity index (χ1) is 9.95. The number of carbonyl (C=O) groups excluding carboxylic acids is 1. The third-order valence-corrected chi connectivity index (χ3v) is 4.05. The lowest BCUT2D eigenvalue weighted by atomic mass is 9.91. The number of aromatic nitrogens is 3. The summed E-state index contributed by atoms with van der Waals surface area (Å²) in [6.07, 6.45) is 6.27. The molecule has 5 nitrogen and oxygen atoms in total. The molecule has 0 radical (unpaired) electrons. The largest absolute Gasteiger partial charge is 0.348 e. The number of rotatable bonds is 2. The SMILES string of the molecule is CC(C)(C)c1cc(C(=O)NC2CCCC2)nc2ccnn12. The van der Waals surface area contributed by atoms with Crippen LogP contribution in [0.3, 0.4) is 0 Å². The van der Waals surface area contributed by atoms with Gasteiger partial charge in [-0.3, -0.25) is 4.79 Å². The molecule has 0 spiro atoms. The van der Waals surface area contributed by atoms with E-state index >= 15 is 0 Å². The van der Waals surface area contributed by atoms with Crippen molar-refractivity contribution in [2.24, 2.45) is 0 Å². The first kappa shape index (κ1) is 14.0. The molecular weight excluding hydrogens is 264 g/mol. The Morgan fingerprint density at radius 3 is 2.71 bits per heavy atom. The van der Waals surface area contributed by atoms with Gasteiger partial charge in [0.1, 0.15) is 5.69 Å². The maximum absolute atomic E-state index is 12.4. The standard InChI is InChI=1S/C16H22N4O/c1-16(2,3)13-10-12(19-14-8-9-17-20(13)14)15(21)18-11-6-4-5-7-11/h8-11H,4-7H2,1-3H3,(H,18,21). The minimum absolute atomic E-state index is 0.0731. The fourth-order valence-corrected chi connectivity index (χ4v) is 2.89. The van der Waals surface area contributed by atoms with E-state index in [2.05, 4.69) is 36.2 Å². The van der Waals surface area contributed by atoms with Crippen LogP contribution in [0.1, 0.15) is 62.6 Å². The van der Waals surface area contributed by atoms with E-state index in [9.17, 15) is 4.79 Å². The average Bonchev–Trinajstić information content (AvgIpc) is 3.06. The van der Waals surface area contributed by atoms with Crippen LogP contribution in [-0.2, 0) is 5.41 Å². The fraction of sp³-hybridized carbons (Fsp3) is 0.562. The summed E-state index contributed by atoms with van der Waals surface area (Å²) in [7, 11) is 0. The van der Waals surface area contributed by atoms with E-state index in [1.165, 1.54) is 12.8 Å². The van der Waals surface area contributed by atoms with Gasteiger partial charge in [0.2, 0.25) is 0 Å². The molecule has 2 heterocycles. The quantitative estimate of drug-likeness (QED) is 0.923. The van der Waals surface area contributed by atoms with Crippen LogP contribution in [0.15, 0.2) is 18.3 Å². The highest BCUT2D eigenvalue weighted by molar-refractivity contribution is 5.93. The Kier molecular flexibility index (Phi) is 3.43. The third kappa shape index (κ3) is 2.77. The van der Waals surface area contributed by atoms with Gasteiger partial charge in [0.05, 0.1) is 11.9 Å². The van der Waals surface area contributed by atoms with Crippen LogP contribution in [-0.4, -0.2) is 26.5 Å². The van der Waals surface area contributed by atoms with Gasteiger partial charge >= 0.3 is 0 Å². The molecule has 3 rings (SSSR count). The number of amides is 1. The maximum Gasteiger partial charge on any atom is 0.270 e. The Bertz CT molecular complexity index is 662. The van der Waals surface area contributed by atoms with Gasteiger partial charge in [-0.2, -0.15) is 5.10 Å². The summed E-state index contributed by atoms with van der Waals surface area (Å²) in [5, 5.41) is 7.41. The number of fused-ring (bicyclic) bond motifs is 1. The van der Waals surface area contributed by atoms with Crippen LogP contribution in [0.5, 0.6) is 0 Å². The normalized spacial score (nSPS) is 16.5. The highest BCUT2D eigenvalue weighted by Gasteiger charge is 2.23. The second-order valence-electron chi connectivity index (χ2n) is 6.83. The second-order valence-corrected chi connectivity index (χ2v) is 6.83. The predicted octanol–water partition coefficient (Wildman–Crippen LogP) is 2.70. The van der Waals surface area contributed by atoms with Crippen molar-refractivity contribution in [3.8, 4) is 0 Å². The topological polar surface area (TPSA) is 59.3 Å². The molecule has 21 heavy (non-hydrogen) atoms. The van der Waals surface area contributed by atoms with Crippen molar-refractivity contribution >= 4 is 11.6 Å². The molecule has 0 aromatic carbocycles. The zero-order chi connectivity index (χ0) is 15.0. The van der Waals surface area contributed by atoms with E-state index in [4.69, 9.17) is 0 Å². The molecule has 2 aromatic heterocycles. The Hall–Kier alpha value is -1.91. The first-order valence-electron chi connectivity index (χ1n) is 7.61. The van der Waals surface area contributed by atoms with Crippen LogP contribution in [0, 0.1) is 0 Å². The summed E-state index contributed by atoms with van der Waals surface area (Å²) in [5.74, 6) is -0.0731. The van der Waals surface area contributed by atoms with Gasteiger partial charge in [0.25, 0.3) is 5.91 Å². The van der Waals surface area contributed by atoms with E-state index in [1.54, 1.807) is 6.20 Å². The minimum atomic E-state index is -0.102. The van der Waals surface area contributed by atoms with E-state index in [0.29, 0.717) is 11.7 Å². The van der Waals surface area contributed by atoms with Crippen LogP contribution in [0.2, 0.25) is 0 Å². The summed E-state index contributed by atoms with van der Waals surface area (Å²) < 4.78 is 1.81. The number of carbonyl (C=O) groups is 1. The lowest BCUT2D eigenvalue weighted by Crippen LogP contribution is -2.33. The molecule has 0 aliphatic heterocycles. The monoisotopic (exact) mass is 286 g/mol. The molecule has 1 fully saturated rings. The molecule has 0 unspecified atom stereocenters. The first-order valence-corrected chi connectivity index (χ1v) is 7.61. The average molecular weight is 286 g/mol. The third-order valence-electron chi connectivity index (χ3n) is 4.05. The van der Waals surface area contributed by atoms with E-state index < -0.39 is 0 Å². The Balaban J connectivity index is 1.96. The van der Waals surface area contributed by atoms with E-state index in [-0.39, 0.29) is 11.3 Å². The van der Waals surface area contributed by atoms with Crippen LogP contribution >= 0.6 is 0 Å². The lowest BCUT2D eigenvalue weighted by Gasteiger charge is -2.21. The van der Waals surface area contributed by atoms with Crippen molar-refractivity contribution in [3.63, 3.8) is 0 Å². The zero-order valence-corrected chi connectivity index (χ0v) is 12.9. The van der Waals surface area contributed by atoms with E-state index in [1.807, 2.05) is 16.6 Å².